The molecule has 8 nitrogen and oxygen atoms in total. The molecule has 10 heteroatoms. The number of carbonyl (C=O) groups is 2. The highest BCUT2D eigenvalue weighted by Gasteiger charge is 2.36. The minimum absolute atomic E-state index is 0.129. The minimum atomic E-state index is -2.87. The van der Waals surface area contributed by atoms with Gasteiger partial charge in [-0.15, -0.1) is 0 Å². The van der Waals surface area contributed by atoms with E-state index in [1.54, 1.807) is 30.3 Å². The van der Waals surface area contributed by atoms with E-state index in [2.05, 4.69) is 15.5 Å². The summed E-state index contributed by atoms with van der Waals surface area (Å²) in [5.74, 6) is -2.61. The van der Waals surface area contributed by atoms with E-state index in [1.165, 1.54) is 18.3 Å². The predicted molar refractivity (Wildman–Crippen MR) is 171 cm³/mol. The normalized spacial score (nSPS) is 15.6. The fourth-order valence-corrected chi connectivity index (χ4v) is 5.69. The van der Waals surface area contributed by atoms with Crippen molar-refractivity contribution >= 4 is 23.9 Å². The maximum absolute atomic E-state index is 14.0. The summed E-state index contributed by atoms with van der Waals surface area (Å²) in [6.45, 7) is 1.12. The molecule has 2 N–H and O–H groups in total. The average Bonchev–Trinajstić information content (AvgIpc) is 3.97. The topological polar surface area (TPSA) is 114 Å². The lowest BCUT2D eigenvalue weighted by Crippen LogP contribution is -2.17. The first-order chi connectivity index (χ1) is 22.2. The predicted octanol–water partition coefficient (Wildman–Crippen LogP) is 8.77. The van der Waals surface area contributed by atoms with E-state index in [0.29, 0.717) is 40.4 Å². The van der Waals surface area contributed by atoms with Crippen molar-refractivity contribution in [2.24, 2.45) is 10.9 Å². The molecule has 1 aromatic heterocycles. The zero-order valence-electron chi connectivity index (χ0n) is 25.4. The molecule has 0 saturated heterocycles. The molecule has 0 radical (unpaired) electrons. The van der Waals surface area contributed by atoms with Crippen LogP contribution < -0.4 is 5.32 Å². The molecule has 1 heterocycles. The fraction of sp³-hybridized carbons (Fsp3) is 0.333. The van der Waals surface area contributed by atoms with Crippen molar-refractivity contribution in [1.82, 2.24) is 5.16 Å². The number of benzene rings is 3. The van der Waals surface area contributed by atoms with E-state index < -0.39 is 24.3 Å². The maximum Gasteiger partial charge on any atom is 0.345 e. The number of carbonyl (C=O) groups excluding carboxylic acids is 1. The van der Waals surface area contributed by atoms with Crippen LogP contribution in [0.4, 0.5) is 19.3 Å². The fourth-order valence-electron chi connectivity index (χ4n) is 5.69. The largest absolute Gasteiger partial charge is 0.478 e. The average molecular weight is 628 g/mol. The van der Waals surface area contributed by atoms with Crippen LogP contribution in [0.5, 0.6) is 0 Å². The number of aliphatic imine (C=N–C) groups is 1. The van der Waals surface area contributed by atoms with Gasteiger partial charge in [0.1, 0.15) is 11.5 Å². The molecule has 0 spiro atoms. The Labute approximate surface area is 265 Å². The zero-order valence-corrected chi connectivity index (χ0v) is 25.4. The van der Waals surface area contributed by atoms with Gasteiger partial charge < -0.3 is 19.7 Å². The van der Waals surface area contributed by atoms with Crippen LogP contribution in [0.3, 0.4) is 0 Å². The van der Waals surface area contributed by atoms with Crippen LogP contribution in [-0.2, 0) is 17.8 Å². The number of rotatable bonds is 13. The molecule has 2 aliphatic rings. The lowest BCUT2D eigenvalue weighted by Gasteiger charge is -2.17. The Morgan fingerprint density at radius 2 is 1.80 bits per heavy atom. The number of amides is 2. The SMILES string of the molecule is CC(F)(F)Cc1ccccc1-c1noc(C2CC2)c1COC(C/C=N/C(=O)Nc1ccc(C(=O)O)c(-c2ccccc2)c1)C1CC1. The Morgan fingerprint density at radius 1 is 1.07 bits per heavy atom. The van der Waals surface area contributed by atoms with Gasteiger partial charge in [-0.25, -0.2) is 23.4 Å². The second-order valence-electron chi connectivity index (χ2n) is 12.1. The van der Waals surface area contributed by atoms with Crippen molar-refractivity contribution in [3.8, 4) is 22.4 Å². The standard InChI is InChI=1S/C36H35F2N3O5/c1-36(37,38)20-25-9-5-6-10-27(25)32-30(33(46-41-32)24-13-14-24)21-45-31(23-11-12-23)17-18-39-35(44)40-26-15-16-28(34(42)43)29(19-26)22-7-3-2-4-8-22/h2-10,15-16,18-19,23-24,31H,11-14,17,20-21H2,1H3,(H,40,44)(H,42,43)/b39-18+. The van der Waals surface area contributed by atoms with E-state index in [0.717, 1.165) is 49.5 Å². The van der Waals surface area contributed by atoms with Gasteiger partial charge in [0.05, 0.1) is 18.3 Å². The number of aromatic carboxylic acids is 1. The van der Waals surface area contributed by atoms with E-state index in [-0.39, 0.29) is 24.2 Å². The van der Waals surface area contributed by atoms with Gasteiger partial charge in [-0.3, -0.25) is 0 Å². The van der Waals surface area contributed by atoms with Crippen LogP contribution >= 0.6 is 0 Å². The molecule has 3 aromatic carbocycles. The molecule has 1 atom stereocenters. The molecule has 2 aliphatic carbocycles. The summed E-state index contributed by atoms with van der Waals surface area (Å²) < 4.78 is 40.2. The summed E-state index contributed by atoms with van der Waals surface area (Å²) in [6.07, 6.45) is 5.32. The van der Waals surface area contributed by atoms with Gasteiger partial charge in [-0.05, 0) is 73.4 Å². The Kier molecular flexibility index (Phi) is 9.08. The van der Waals surface area contributed by atoms with E-state index >= 15 is 0 Å². The Morgan fingerprint density at radius 3 is 2.50 bits per heavy atom. The minimum Gasteiger partial charge on any atom is -0.478 e. The van der Waals surface area contributed by atoms with Crippen LogP contribution in [0.2, 0.25) is 0 Å². The van der Waals surface area contributed by atoms with Gasteiger partial charge in [0, 0.05) is 41.8 Å². The third kappa shape index (κ3) is 7.74. The number of urea groups is 1. The number of halogens is 2. The van der Waals surface area contributed by atoms with Crippen LogP contribution in [0, 0.1) is 5.92 Å². The summed E-state index contributed by atoms with van der Waals surface area (Å²) in [6, 6.07) is 20.2. The van der Waals surface area contributed by atoms with E-state index in [9.17, 15) is 23.5 Å². The smallest absolute Gasteiger partial charge is 0.345 e. The number of alkyl halides is 2. The van der Waals surface area contributed by atoms with Crippen LogP contribution in [0.1, 0.15) is 72.2 Å². The first-order valence-electron chi connectivity index (χ1n) is 15.5. The van der Waals surface area contributed by atoms with Gasteiger partial charge in [0.2, 0.25) is 5.92 Å². The first-order valence-corrected chi connectivity index (χ1v) is 15.5. The Bertz CT molecular complexity index is 1740. The van der Waals surface area contributed by atoms with Crippen LogP contribution in [0.25, 0.3) is 22.4 Å². The van der Waals surface area contributed by atoms with Crippen molar-refractivity contribution in [1.29, 1.82) is 0 Å². The quantitative estimate of drug-likeness (QED) is 0.143. The lowest BCUT2D eigenvalue weighted by molar-refractivity contribution is 0.0227. The van der Waals surface area contributed by atoms with Gasteiger partial charge in [0.25, 0.3) is 0 Å². The number of nitrogens with one attached hydrogen (secondary N) is 1. The van der Waals surface area contributed by atoms with Crippen molar-refractivity contribution in [3.63, 3.8) is 0 Å². The first kappa shape index (κ1) is 31.3. The maximum atomic E-state index is 14.0. The Balaban J connectivity index is 1.13. The van der Waals surface area contributed by atoms with Crippen molar-refractivity contribution in [2.75, 3.05) is 5.32 Å². The summed E-state index contributed by atoms with van der Waals surface area (Å²) in [5.41, 5.74) is 4.20. The molecule has 4 aromatic rings. The molecule has 0 aliphatic heterocycles. The second kappa shape index (κ2) is 13.3. The zero-order chi connectivity index (χ0) is 32.3. The number of hydrogen-bond donors (Lipinski definition) is 2. The second-order valence-corrected chi connectivity index (χ2v) is 12.1. The van der Waals surface area contributed by atoms with Gasteiger partial charge in [-0.2, -0.15) is 0 Å². The molecule has 6 rings (SSSR count). The molecular weight excluding hydrogens is 592 g/mol. The molecule has 46 heavy (non-hydrogen) atoms. The van der Waals surface area contributed by atoms with Crippen molar-refractivity contribution in [2.45, 2.75) is 70.0 Å². The number of aromatic nitrogens is 1. The number of ether oxygens (including phenoxy) is 1. The van der Waals surface area contributed by atoms with Crippen LogP contribution in [-0.4, -0.2) is 40.5 Å². The number of hydrogen-bond acceptors (Lipinski definition) is 5. The highest BCUT2D eigenvalue weighted by atomic mass is 19.3. The number of carboxylic acid groups (broad SMARTS) is 1. The molecule has 2 fully saturated rings. The third-order valence-corrected chi connectivity index (χ3v) is 8.26. The molecule has 0 bridgehead atoms. The molecule has 238 valence electrons. The third-order valence-electron chi connectivity index (χ3n) is 8.26. The lowest BCUT2D eigenvalue weighted by atomic mass is 9.96. The Hall–Kier alpha value is -4.70. The highest BCUT2D eigenvalue weighted by molar-refractivity contribution is 5.99. The number of anilines is 1. The summed E-state index contributed by atoms with van der Waals surface area (Å²) in [4.78, 5) is 28.6. The molecular formula is C36H35F2N3O5. The number of carboxylic acids is 1. The van der Waals surface area contributed by atoms with Crippen LogP contribution in [0.15, 0.2) is 82.3 Å². The summed E-state index contributed by atoms with van der Waals surface area (Å²) in [7, 11) is 0. The monoisotopic (exact) mass is 627 g/mol. The summed E-state index contributed by atoms with van der Waals surface area (Å²) >= 11 is 0. The van der Waals surface area contributed by atoms with E-state index in [4.69, 9.17) is 9.26 Å². The highest BCUT2D eigenvalue weighted by Crippen LogP contribution is 2.45. The molecule has 1 unspecified atom stereocenters. The van der Waals surface area contributed by atoms with Crippen molar-refractivity contribution < 1.29 is 32.7 Å². The van der Waals surface area contributed by atoms with Crippen molar-refractivity contribution in [3.05, 3.63) is 95.2 Å². The number of nitrogens with zero attached hydrogens (tertiary/aromatic N) is 2. The van der Waals surface area contributed by atoms with Gasteiger partial charge in [0.15, 0.2) is 0 Å². The van der Waals surface area contributed by atoms with Gasteiger partial charge in [-0.1, -0.05) is 59.8 Å². The van der Waals surface area contributed by atoms with E-state index in [1.807, 2.05) is 30.3 Å². The van der Waals surface area contributed by atoms with Gasteiger partial charge >= 0.3 is 12.0 Å². The molecule has 2 amide bonds. The molecule has 2 saturated carbocycles. The summed E-state index contributed by atoms with van der Waals surface area (Å²) in [5, 5.41) is 16.7.